The van der Waals surface area contributed by atoms with Crippen LogP contribution in [0.25, 0.3) is 0 Å². The molecule has 2 rings (SSSR count). The van der Waals surface area contributed by atoms with E-state index in [0.29, 0.717) is 18.3 Å². The number of hydrogen-bond donors (Lipinski definition) is 2. The van der Waals surface area contributed by atoms with Gasteiger partial charge in [-0.2, -0.15) is 0 Å². The summed E-state index contributed by atoms with van der Waals surface area (Å²) in [6.07, 6.45) is 3.14. The number of piperidine rings is 1. The lowest BCUT2D eigenvalue weighted by Crippen LogP contribution is -2.54. The van der Waals surface area contributed by atoms with Crippen molar-refractivity contribution in [3.05, 3.63) is 0 Å². The highest BCUT2D eigenvalue weighted by Gasteiger charge is 2.30. The zero-order chi connectivity index (χ0) is 16.0. The zero-order valence-corrected chi connectivity index (χ0v) is 16.9. The normalized spacial score (nSPS) is 25.0. The molecule has 144 valence electrons. The molecule has 0 aromatic carbocycles. The molecule has 0 aliphatic carbocycles. The van der Waals surface area contributed by atoms with Crippen molar-refractivity contribution in [1.82, 2.24) is 15.5 Å². The SMILES string of the molecule is CC(CC(=O)NCCN1CCOCC1(C)C)C1CCCNC1.Cl.Cl. The molecule has 2 unspecified atom stereocenters. The first-order chi connectivity index (χ1) is 10.5. The molecule has 2 atom stereocenters. The van der Waals surface area contributed by atoms with Crippen molar-refractivity contribution in [2.45, 2.75) is 45.6 Å². The molecule has 0 bridgehead atoms. The Hall–Kier alpha value is -0.0700. The fourth-order valence-electron chi connectivity index (χ4n) is 3.53. The summed E-state index contributed by atoms with van der Waals surface area (Å²) in [5.74, 6) is 1.31. The minimum Gasteiger partial charge on any atom is -0.378 e. The van der Waals surface area contributed by atoms with Crippen molar-refractivity contribution in [2.75, 3.05) is 45.9 Å². The number of ether oxygens (including phenoxy) is 1. The Morgan fingerprint density at radius 1 is 1.42 bits per heavy atom. The first-order valence-corrected chi connectivity index (χ1v) is 8.79. The Morgan fingerprint density at radius 3 is 2.79 bits per heavy atom. The number of nitrogens with one attached hydrogen (secondary N) is 2. The van der Waals surface area contributed by atoms with Crippen molar-refractivity contribution in [3.63, 3.8) is 0 Å². The molecule has 1 amide bonds. The number of nitrogens with zero attached hydrogens (tertiary/aromatic N) is 1. The quantitative estimate of drug-likeness (QED) is 0.736. The molecule has 0 radical (unpaired) electrons. The number of halogens is 2. The molecule has 0 saturated carbocycles. The van der Waals surface area contributed by atoms with Gasteiger partial charge in [-0.05, 0) is 51.6 Å². The van der Waals surface area contributed by atoms with Gasteiger partial charge in [0, 0.05) is 31.6 Å². The van der Waals surface area contributed by atoms with E-state index in [1.165, 1.54) is 12.8 Å². The fraction of sp³-hybridized carbons (Fsp3) is 0.941. The number of amides is 1. The molecule has 2 aliphatic rings. The molecule has 2 saturated heterocycles. The van der Waals surface area contributed by atoms with Crippen LogP contribution in [0.4, 0.5) is 0 Å². The Kier molecular flexibility index (Phi) is 11.5. The van der Waals surface area contributed by atoms with Gasteiger partial charge >= 0.3 is 0 Å². The molecule has 2 N–H and O–H groups in total. The van der Waals surface area contributed by atoms with Crippen molar-refractivity contribution in [1.29, 1.82) is 0 Å². The van der Waals surface area contributed by atoms with Crippen LogP contribution >= 0.6 is 24.8 Å². The van der Waals surface area contributed by atoms with Gasteiger partial charge in [-0.15, -0.1) is 24.8 Å². The summed E-state index contributed by atoms with van der Waals surface area (Å²) in [4.78, 5) is 14.5. The Morgan fingerprint density at radius 2 is 2.17 bits per heavy atom. The lowest BCUT2D eigenvalue weighted by Gasteiger charge is -2.42. The predicted molar refractivity (Wildman–Crippen MR) is 103 cm³/mol. The van der Waals surface area contributed by atoms with E-state index in [1.54, 1.807) is 0 Å². The Labute approximate surface area is 159 Å². The lowest BCUT2D eigenvalue weighted by atomic mass is 9.85. The summed E-state index contributed by atoms with van der Waals surface area (Å²) >= 11 is 0. The van der Waals surface area contributed by atoms with Gasteiger partial charge in [0.25, 0.3) is 0 Å². The van der Waals surface area contributed by atoms with E-state index in [4.69, 9.17) is 4.74 Å². The van der Waals surface area contributed by atoms with Gasteiger partial charge in [-0.3, -0.25) is 9.69 Å². The lowest BCUT2D eigenvalue weighted by molar-refractivity contribution is -0.122. The first-order valence-electron chi connectivity index (χ1n) is 8.79. The van der Waals surface area contributed by atoms with Crippen LogP contribution < -0.4 is 10.6 Å². The van der Waals surface area contributed by atoms with Gasteiger partial charge in [0.15, 0.2) is 0 Å². The summed E-state index contributed by atoms with van der Waals surface area (Å²) in [5.41, 5.74) is 0.0734. The van der Waals surface area contributed by atoms with E-state index in [-0.39, 0.29) is 36.3 Å². The third-order valence-corrected chi connectivity index (χ3v) is 5.17. The number of hydrogen-bond acceptors (Lipinski definition) is 4. The molecule has 2 aliphatic heterocycles. The van der Waals surface area contributed by atoms with Gasteiger partial charge < -0.3 is 15.4 Å². The highest BCUT2D eigenvalue weighted by atomic mass is 35.5. The summed E-state index contributed by atoms with van der Waals surface area (Å²) < 4.78 is 5.53. The largest absolute Gasteiger partial charge is 0.378 e. The monoisotopic (exact) mass is 383 g/mol. The number of rotatable bonds is 6. The third kappa shape index (κ3) is 7.44. The summed E-state index contributed by atoms with van der Waals surface area (Å²) in [5, 5.41) is 6.53. The van der Waals surface area contributed by atoms with Crippen LogP contribution in [-0.2, 0) is 9.53 Å². The maximum Gasteiger partial charge on any atom is 0.220 e. The highest BCUT2D eigenvalue weighted by Crippen LogP contribution is 2.22. The zero-order valence-electron chi connectivity index (χ0n) is 15.3. The van der Waals surface area contributed by atoms with Crippen LogP contribution in [-0.4, -0.2) is 62.3 Å². The molecule has 7 heteroatoms. The second-order valence-corrected chi connectivity index (χ2v) is 7.49. The Bertz CT molecular complexity index is 364. The summed E-state index contributed by atoms with van der Waals surface area (Å²) in [6, 6.07) is 0. The van der Waals surface area contributed by atoms with Crippen LogP contribution in [0.2, 0.25) is 0 Å². The van der Waals surface area contributed by atoms with E-state index in [2.05, 4.69) is 36.3 Å². The van der Waals surface area contributed by atoms with Crippen molar-refractivity contribution < 1.29 is 9.53 Å². The molecule has 2 heterocycles. The summed E-state index contributed by atoms with van der Waals surface area (Å²) in [7, 11) is 0. The van der Waals surface area contributed by atoms with Gasteiger partial charge in [-0.1, -0.05) is 6.92 Å². The van der Waals surface area contributed by atoms with Crippen molar-refractivity contribution in [3.8, 4) is 0 Å². The van der Waals surface area contributed by atoms with E-state index >= 15 is 0 Å². The van der Waals surface area contributed by atoms with E-state index < -0.39 is 0 Å². The maximum absolute atomic E-state index is 12.1. The fourth-order valence-corrected chi connectivity index (χ4v) is 3.53. The van der Waals surface area contributed by atoms with Gasteiger partial charge in [0.2, 0.25) is 5.91 Å². The predicted octanol–water partition coefficient (Wildman–Crippen LogP) is 2.08. The van der Waals surface area contributed by atoms with Crippen LogP contribution in [0.15, 0.2) is 0 Å². The van der Waals surface area contributed by atoms with Crippen molar-refractivity contribution >= 4 is 30.7 Å². The number of carbonyl (C=O) groups excluding carboxylic acids is 1. The van der Waals surface area contributed by atoms with E-state index in [0.717, 1.165) is 45.9 Å². The highest BCUT2D eigenvalue weighted by molar-refractivity contribution is 5.85. The van der Waals surface area contributed by atoms with Crippen molar-refractivity contribution in [2.24, 2.45) is 11.8 Å². The maximum atomic E-state index is 12.1. The first kappa shape index (κ1) is 23.9. The van der Waals surface area contributed by atoms with Crippen LogP contribution in [0.1, 0.15) is 40.0 Å². The number of carbonyl (C=O) groups is 1. The van der Waals surface area contributed by atoms with Crippen LogP contribution in [0, 0.1) is 11.8 Å². The van der Waals surface area contributed by atoms with E-state index in [9.17, 15) is 4.79 Å². The van der Waals surface area contributed by atoms with Crippen LogP contribution in [0.5, 0.6) is 0 Å². The molecule has 24 heavy (non-hydrogen) atoms. The van der Waals surface area contributed by atoms with E-state index in [1.807, 2.05) is 0 Å². The van der Waals surface area contributed by atoms with Gasteiger partial charge in [-0.25, -0.2) is 0 Å². The second-order valence-electron chi connectivity index (χ2n) is 7.49. The molecule has 0 aromatic heterocycles. The van der Waals surface area contributed by atoms with Crippen LogP contribution in [0.3, 0.4) is 0 Å². The molecule has 5 nitrogen and oxygen atoms in total. The summed E-state index contributed by atoms with van der Waals surface area (Å²) in [6.45, 7) is 13.0. The molecule has 0 spiro atoms. The average molecular weight is 384 g/mol. The number of morpholine rings is 1. The second kappa shape index (κ2) is 11.5. The molecule has 2 fully saturated rings. The smallest absolute Gasteiger partial charge is 0.220 e. The topological polar surface area (TPSA) is 53.6 Å². The standard InChI is InChI=1S/C17H33N3O2.2ClH/c1-14(15-5-4-6-18-12-15)11-16(21)19-7-8-20-9-10-22-13-17(20,2)3;;/h14-15,18H,4-13H2,1-3H3,(H,19,21);2*1H. The Balaban J connectivity index is 0.00000264. The van der Waals surface area contributed by atoms with Gasteiger partial charge in [0.1, 0.15) is 0 Å². The average Bonchev–Trinajstić information content (AvgIpc) is 2.49. The third-order valence-electron chi connectivity index (χ3n) is 5.17. The minimum atomic E-state index is 0. The molecule has 0 aromatic rings. The van der Waals surface area contributed by atoms with Gasteiger partial charge in [0.05, 0.1) is 13.2 Å². The molecular formula is C17H35Cl2N3O2. The minimum absolute atomic E-state index is 0. The molecular weight excluding hydrogens is 349 g/mol.